The van der Waals surface area contributed by atoms with Crippen LogP contribution in [0, 0.1) is 0 Å². The highest BCUT2D eigenvalue weighted by Gasteiger charge is 2.19. The summed E-state index contributed by atoms with van der Waals surface area (Å²) in [5.74, 6) is -1.04. The first-order valence-electron chi connectivity index (χ1n) is 33.3. The molecule has 0 aliphatic heterocycles. The molecule has 6 nitrogen and oxygen atoms in total. The third kappa shape index (κ3) is 66.0. The number of ether oxygens (including phenoxy) is 3. The molecular weight excluding hydrogens is 997 g/mol. The Morgan fingerprint density at radius 1 is 0.259 bits per heavy atom. The Bertz CT molecular complexity index is 1760. The van der Waals surface area contributed by atoms with Gasteiger partial charge in [0.2, 0.25) is 0 Å². The van der Waals surface area contributed by atoms with Crippen molar-refractivity contribution in [2.45, 2.75) is 297 Å². The first kappa shape index (κ1) is 76.3. The molecule has 1 unspecified atom stereocenters. The Labute approximate surface area is 499 Å². The van der Waals surface area contributed by atoms with Crippen molar-refractivity contribution in [2.24, 2.45) is 0 Å². The molecule has 1 atom stereocenters. The summed E-state index contributed by atoms with van der Waals surface area (Å²) in [4.78, 5) is 38.3. The van der Waals surface area contributed by atoms with Crippen LogP contribution in [0.1, 0.15) is 290 Å². The van der Waals surface area contributed by atoms with Crippen LogP contribution in [-0.2, 0) is 28.6 Å². The molecule has 0 amide bonds. The molecule has 0 N–H and O–H groups in total. The zero-order valence-electron chi connectivity index (χ0n) is 52.5. The molecule has 0 aliphatic carbocycles. The van der Waals surface area contributed by atoms with Crippen LogP contribution < -0.4 is 0 Å². The van der Waals surface area contributed by atoms with E-state index < -0.39 is 6.10 Å². The van der Waals surface area contributed by atoms with Crippen molar-refractivity contribution in [3.8, 4) is 0 Å². The minimum absolute atomic E-state index is 0.126. The number of hydrogen-bond donors (Lipinski definition) is 0. The van der Waals surface area contributed by atoms with Gasteiger partial charge in [-0.1, -0.05) is 308 Å². The first-order chi connectivity index (χ1) is 40.0. The van der Waals surface area contributed by atoms with E-state index in [-0.39, 0.29) is 44.0 Å². The van der Waals surface area contributed by atoms with Gasteiger partial charge in [0.05, 0.1) is 0 Å². The van der Waals surface area contributed by atoms with Crippen LogP contribution in [-0.4, -0.2) is 37.2 Å². The van der Waals surface area contributed by atoms with Crippen molar-refractivity contribution >= 4 is 17.9 Å². The smallest absolute Gasteiger partial charge is 0.306 e. The lowest BCUT2D eigenvalue weighted by atomic mass is 10.0. The van der Waals surface area contributed by atoms with Gasteiger partial charge < -0.3 is 14.2 Å². The van der Waals surface area contributed by atoms with Gasteiger partial charge in [-0.25, -0.2) is 0 Å². The molecule has 0 radical (unpaired) electrons. The fourth-order valence-corrected chi connectivity index (χ4v) is 8.94. The minimum Gasteiger partial charge on any atom is -0.462 e. The van der Waals surface area contributed by atoms with Crippen molar-refractivity contribution in [3.05, 3.63) is 146 Å². The number of unbranched alkanes of at least 4 members (excludes halogenated alkanes) is 24. The van der Waals surface area contributed by atoms with Crippen LogP contribution in [0.25, 0.3) is 0 Å². The van der Waals surface area contributed by atoms with Gasteiger partial charge in [-0.15, -0.1) is 0 Å². The van der Waals surface area contributed by atoms with Crippen molar-refractivity contribution in [1.82, 2.24) is 0 Å². The van der Waals surface area contributed by atoms with E-state index in [4.69, 9.17) is 14.2 Å². The maximum atomic E-state index is 12.9. The van der Waals surface area contributed by atoms with Crippen LogP contribution in [0.4, 0.5) is 0 Å². The molecule has 0 aromatic rings. The second-order valence-corrected chi connectivity index (χ2v) is 21.6. The SMILES string of the molecule is CC/C=C\C/C=C\C/C=C\C/C=C\C/C=C\C/C=C\C/C=C\C/C=C\CCCCC(=O)OCC(COC(=O)CC/C=C\C/C=C\C/C=C\C/C=C\CC)OC(=O)CCCCCCCCCCCCCCCCCCCCCCCCC. The highest BCUT2D eigenvalue weighted by Crippen LogP contribution is 2.17. The molecule has 0 aromatic carbocycles. The third-order valence-corrected chi connectivity index (χ3v) is 13.9. The lowest BCUT2D eigenvalue weighted by Crippen LogP contribution is -2.30. The molecule has 0 fully saturated rings. The fourth-order valence-electron chi connectivity index (χ4n) is 8.94. The van der Waals surface area contributed by atoms with Gasteiger partial charge in [0.15, 0.2) is 6.10 Å². The zero-order chi connectivity index (χ0) is 58.5. The maximum Gasteiger partial charge on any atom is 0.306 e. The van der Waals surface area contributed by atoms with Gasteiger partial charge in [-0.2, -0.15) is 0 Å². The Hall–Kier alpha value is -4.71. The molecule has 458 valence electrons. The second kappa shape index (κ2) is 67.8. The van der Waals surface area contributed by atoms with E-state index in [1.807, 2.05) is 6.08 Å². The lowest BCUT2D eigenvalue weighted by Gasteiger charge is -2.18. The van der Waals surface area contributed by atoms with Gasteiger partial charge in [-0.05, 0) is 109 Å². The fraction of sp³-hybridized carbons (Fsp3) is 0.640. The monoisotopic (exact) mass is 1120 g/mol. The Kier molecular flexibility index (Phi) is 63.9. The highest BCUT2D eigenvalue weighted by molar-refractivity contribution is 5.71. The van der Waals surface area contributed by atoms with Crippen molar-refractivity contribution in [2.75, 3.05) is 13.2 Å². The van der Waals surface area contributed by atoms with Crippen molar-refractivity contribution in [3.63, 3.8) is 0 Å². The van der Waals surface area contributed by atoms with Gasteiger partial charge in [-0.3, -0.25) is 14.4 Å². The molecule has 0 aliphatic rings. The van der Waals surface area contributed by atoms with Crippen LogP contribution in [0.5, 0.6) is 0 Å². The summed E-state index contributed by atoms with van der Waals surface area (Å²) in [6.45, 7) is 6.33. The molecule has 0 aromatic heterocycles. The Balaban J connectivity index is 4.44. The van der Waals surface area contributed by atoms with E-state index in [0.29, 0.717) is 19.3 Å². The predicted octanol–water partition coefficient (Wildman–Crippen LogP) is 23.1. The van der Waals surface area contributed by atoms with Crippen molar-refractivity contribution < 1.29 is 28.6 Å². The quantitative estimate of drug-likeness (QED) is 0.0261. The van der Waals surface area contributed by atoms with Crippen LogP contribution in [0.2, 0.25) is 0 Å². The number of carbonyl (C=O) groups excluding carboxylic acids is 3. The minimum atomic E-state index is -0.831. The zero-order valence-corrected chi connectivity index (χ0v) is 52.5. The van der Waals surface area contributed by atoms with Gasteiger partial charge in [0.25, 0.3) is 0 Å². The molecule has 6 heteroatoms. The summed E-state index contributed by atoms with van der Waals surface area (Å²) >= 11 is 0. The molecule has 0 rings (SSSR count). The first-order valence-corrected chi connectivity index (χ1v) is 33.3. The molecular formula is C75H122O6. The molecule has 0 spiro atoms. The number of rotatable bonds is 59. The molecule has 0 heterocycles. The van der Waals surface area contributed by atoms with Crippen LogP contribution in [0.3, 0.4) is 0 Å². The normalized spacial score (nSPS) is 13.1. The van der Waals surface area contributed by atoms with Gasteiger partial charge in [0, 0.05) is 19.3 Å². The average Bonchev–Trinajstić information content (AvgIpc) is 3.46. The number of hydrogen-bond acceptors (Lipinski definition) is 6. The van der Waals surface area contributed by atoms with E-state index in [2.05, 4.69) is 161 Å². The highest BCUT2D eigenvalue weighted by atomic mass is 16.6. The van der Waals surface area contributed by atoms with Gasteiger partial charge >= 0.3 is 17.9 Å². The maximum absolute atomic E-state index is 12.9. The van der Waals surface area contributed by atoms with Crippen molar-refractivity contribution in [1.29, 1.82) is 0 Å². The largest absolute Gasteiger partial charge is 0.462 e. The second-order valence-electron chi connectivity index (χ2n) is 21.6. The summed E-state index contributed by atoms with van der Waals surface area (Å²) < 4.78 is 16.8. The van der Waals surface area contributed by atoms with E-state index in [1.165, 1.54) is 128 Å². The predicted molar refractivity (Wildman–Crippen MR) is 352 cm³/mol. The number of carbonyl (C=O) groups is 3. The lowest BCUT2D eigenvalue weighted by molar-refractivity contribution is -0.166. The Morgan fingerprint density at radius 3 is 0.827 bits per heavy atom. The van der Waals surface area contributed by atoms with Crippen LogP contribution in [0.15, 0.2) is 146 Å². The van der Waals surface area contributed by atoms with Gasteiger partial charge in [0.1, 0.15) is 13.2 Å². The summed E-state index contributed by atoms with van der Waals surface area (Å²) in [6, 6.07) is 0. The number of allylic oxidation sites excluding steroid dienone is 24. The topological polar surface area (TPSA) is 78.9 Å². The molecule has 0 saturated heterocycles. The summed E-state index contributed by atoms with van der Waals surface area (Å²) in [5.41, 5.74) is 0. The molecule has 0 saturated carbocycles. The summed E-state index contributed by atoms with van der Waals surface area (Å²) in [7, 11) is 0. The van der Waals surface area contributed by atoms with E-state index in [9.17, 15) is 14.4 Å². The average molecular weight is 1120 g/mol. The third-order valence-electron chi connectivity index (χ3n) is 13.9. The summed E-state index contributed by atoms with van der Waals surface area (Å²) in [6.07, 6.45) is 97.4. The van der Waals surface area contributed by atoms with Crippen LogP contribution >= 0.6 is 0 Å². The number of esters is 3. The van der Waals surface area contributed by atoms with E-state index >= 15 is 0 Å². The Morgan fingerprint density at radius 2 is 0.506 bits per heavy atom. The van der Waals surface area contributed by atoms with E-state index in [0.717, 1.165) is 109 Å². The standard InChI is InChI=1S/C75H122O6/c1-4-7-10-13-16-19-22-25-27-29-31-33-35-36-37-38-40-41-43-45-47-50-53-56-59-62-65-68-74(77)80-71-72(70-79-73(76)67-64-61-58-55-52-49-24-21-18-15-12-9-6-3)81-75(78)69-66-63-60-57-54-51-48-46-44-42-39-34-32-30-28-26-23-20-17-14-11-8-5-2/h7,9-10,12,16,18-19,21,25,27,31,33,36-37,40-41,45,47,49,52-53,56,58,61,72H,4-6,8,11,13-15,17,20,22-24,26,28-30,32,34-35,38-39,42-44,46,48,50-51,54-55,57,59-60,62-71H2,1-3H3/b10-7-,12-9-,19-16-,21-18-,27-25-,33-31-,37-36-,41-40-,47-45-,52-49-,56-53-,61-58-. The molecule has 0 bridgehead atoms. The molecule has 81 heavy (non-hydrogen) atoms. The van der Waals surface area contributed by atoms with E-state index in [1.54, 1.807) is 0 Å². The summed E-state index contributed by atoms with van der Waals surface area (Å²) in [5, 5.41) is 0.